The van der Waals surface area contributed by atoms with E-state index in [1.165, 1.54) is 12.1 Å². The highest BCUT2D eigenvalue weighted by molar-refractivity contribution is 7.97. The molecule has 2 N–H and O–H groups in total. The summed E-state index contributed by atoms with van der Waals surface area (Å²) in [6.45, 7) is 0. The van der Waals surface area contributed by atoms with Crippen molar-refractivity contribution in [3.63, 3.8) is 0 Å². The lowest BCUT2D eigenvalue weighted by Crippen LogP contribution is -2.09. The molecule has 2 rings (SSSR count). The van der Waals surface area contributed by atoms with Crippen LogP contribution >= 0.6 is 24.0 Å². The smallest absolute Gasteiger partial charge is 0.269 e. The zero-order chi connectivity index (χ0) is 15.2. The number of hydrogen-bond donors (Lipinski definition) is 1. The van der Waals surface area contributed by atoms with Crippen LogP contribution in [0.1, 0.15) is 16.7 Å². The number of non-ortho nitro benzene ring substituents is 1. The molecule has 2 aromatic carbocycles. The van der Waals surface area contributed by atoms with Crippen LogP contribution in [0.2, 0.25) is 0 Å². The summed E-state index contributed by atoms with van der Waals surface area (Å²) < 4.78 is 0. The molecule has 0 aliphatic carbocycles. The topological polar surface area (TPSA) is 69.2 Å². The van der Waals surface area contributed by atoms with Gasteiger partial charge >= 0.3 is 0 Å². The first-order valence-electron chi connectivity index (χ1n) is 6.26. The largest absolute Gasteiger partial charge is 0.389 e. The molecule has 21 heavy (non-hydrogen) atoms. The van der Waals surface area contributed by atoms with E-state index in [0.717, 1.165) is 28.2 Å². The fraction of sp³-hybridized carbons (Fsp3) is 0.133. The Labute approximate surface area is 132 Å². The number of hydrogen-bond acceptors (Lipinski definition) is 4. The third kappa shape index (κ3) is 4.54. The quantitative estimate of drug-likeness (QED) is 0.500. The van der Waals surface area contributed by atoms with Crippen LogP contribution in [0, 0.1) is 10.1 Å². The summed E-state index contributed by atoms with van der Waals surface area (Å²) >= 11 is 6.70. The van der Waals surface area contributed by atoms with E-state index in [1.54, 1.807) is 23.9 Å². The molecule has 6 heteroatoms. The molecule has 108 valence electrons. The minimum absolute atomic E-state index is 0.118. The molecule has 0 spiro atoms. The molecule has 0 atom stereocenters. The Bertz CT molecular complexity index is 657. The number of nitro benzene ring substituents is 1. The number of thioether (sulfide) groups is 1. The van der Waals surface area contributed by atoms with E-state index in [1.807, 2.05) is 24.3 Å². The van der Waals surface area contributed by atoms with Gasteiger partial charge in [0.1, 0.15) is 4.99 Å². The minimum Gasteiger partial charge on any atom is -0.389 e. The first kappa shape index (κ1) is 15.5. The Morgan fingerprint density at radius 1 is 1.14 bits per heavy atom. The fourth-order valence-electron chi connectivity index (χ4n) is 1.82. The van der Waals surface area contributed by atoms with Gasteiger partial charge in [0.25, 0.3) is 5.69 Å². The first-order chi connectivity index (χ1) is 10.1. The van der Waals surface area contributed by atoms with Crippen LogP contribution in [0.25, 0.3) is 0 Å². The summed E-state index contributed by atoms with van der Waals surface area (Å²) in [7, 11) is 0. The van der Waals surface area contributed by atoms with Crippen molar-refractivity contribution < 1.29 is 4.92 Å². The van der Waals surface area contributed by atoms with Gasteiger partial charge in [-0.05, 0) is 17.2 Å². The molecule has 0 aromatic heterocycles. The van der Waals surface area contributed by atoms with Gasteiger partial charge in [0.2, 0.25) is 0 Å². The molecule has 0 heterocycles. The number of benzene rings is 2. The Balaban J connectivity index is 1.90. The molecule has 0 bridgehead atoms. The van der Waals surface area contributed by atoms with Crippen LogP contribution in [0.3, 0.4) is 0 Å². The summed E-state index contributed by atoms with van der Waals surface area (Å²) in [4.78, 5) is 10.6. The van der Waals surface area contributed by atoms with Gasteiger partial charge in [-0.3, -0.25) is 10.1 Å². The predicted molar refractivity (Wildman–Crippen MR) is 90.4 cm³/mol. The van der Waals surface area contributed by atoms with Crippen LogP contribution in [0.5, 0.6) is 0 Å². The van der Waals surface area contributed by atoms with Crippen molar-refractivity contribution in [1.82, 2.24) is 0 Å². The molecule has 0 fully saturated rings. The van der Waals surface area contributed by atoms with Crippen molar-refractivity contribution in [2.75, 3.05) is 0 Å². The molecule has 0 saturated heterocycles. The highest BCUT2D eigenvalue weighted by atomic mass is 32.2. The average molecular weight is 318 g/mol. The van der Waals surface area contributed by atoms with E-state index in [2.05, 4.69) is 0 Å². The maximum Gasteiger partial charge on any atom is 0.269 e. The number of nitrogens with two attached hydrogens (primary N) is 1. The van der Waals surface area contributed by atoms with Gasteiger partial charge in [0, 0.05) is 29.2 Å². The van der Waals surface area contributed by atoms with Gasteiger partial charge in [-0.25, -0.2) is 0 Å². The van der Waals surface area contributed by atoms with Gasteiger partial charge < -0.3 is 5.73 Å². The maximum atomic E-state index is 10.6. The molecule has 4 nitrogen and oxygen atoms in total. The molecule has 0 radical (unpaired) electrons. The number of nitro groups is 1. The van der Waals surface area contributed by atoms with Crippen LogP contribution in [0.15, 0.2) is 48.5 Å². The highest BCUT2D eigenvalue weighted by Gasteiger charge is 2.04. The van der Waals surface area contributed by atoms with Crippen LogP contribution in [-0.4, -0.2) is 9.91 Å². The van der Waals surface area contributed by atoms with Gasteiger partial charge in [-0.2, -0.15) is 11.8 Å². The summed E-state index contributed by atoms with van der Waals surface area (Å²) in [6, 6.07) is 14.5. The van der Waals surface area contributed by atoms with Crippen molar-refractivity contribution >= 4 is 34.7 Å². The molecule has 2 aromatic rings. The first-order valence-corrected chi connectivity index (χ1v) is 7.82. The van der Waals surface area contributed by atoms with Crippen LogP contribution < -0.4 is 5.73 Å². The lowest BCUT2D eigenvalue weighted by Gasteiger charge is -2.05. The Kier molecular flexibility index (Phi) is 5.30. The number of thiocarbonyl (C=S) groups is 1. The van der Waals surface area contributed by atoms with E-state index in [-0.39, 0.29) is 5.69 Å². The third-order valence-corrected chi connectivity index (χ3v) is 4.21. The standard InChI is InChI=1S/C15H14N2O2S2/c16-15(20)13-3-1-2-12(8-13)10-21-9-11-4-6-14(7-5-11)17(18)19/h1-8H,9-10H2,(H2,16,20). The second-order valence-electron chi connectivity index (χ2n) is 4.48. The summed E-state index contributed by atoms with van der Waals surface area (Å²) in [5.41, 5.74) is 8.83. The second kappa shape index (κ2) is 7.19. The molecule has 0 unspecified atom stereocenters. The highest BCUT2D eigenvalue weighted by Crippen LogP contribution is 2.20. The molecular formula is C15H14N2O2S2. The van der Waals surface area contributed by atoms with E-state index in [4.69, 9.17) is 18.0 Å². The molecule has 0 saturated carbocycles. The minimum atomic E-state index is -0.391. The average Bonchev–Trinajstić information content (AvgIpc) is 2.48. The second-order valence-corrected chi connectivity index (χ2v) is 5.91. The SMILES string of the molecule is NC(=S)c1cccc(CSCc2ccc([N+](=O)[O-])cc2)c1. The van der Waals surface area contributed by atoms with Gasteiger partial charge in [-0.15, -0.1) is 0 Å². The van der Waals surface area contributed by atoms with Crippen molar-refractivity contribution in [1.29, 1.82) is 0 Å². The number of nitrogens with zero attached hydrogens (tertiary/aromatic N) is 1. The maximum absolute atomic E-state index is 10.6. The summed E-state index contributed by atoms with van der Waals surface area (Å²) in [6.07, 6.45) is 0. The fourth-order valence-corrected chi connectivity index (χ4v) is 2.89. The van der Waals surface area contributed by atoms with Gasteiger partial charge in [0.15, 0.2) is 0 Å². The molecule has 0 aliphatic heterocycles. The zero-order valence-electron chi connectivity index (χ0n) is 11.2. The Morgan fingerprint density at radius 3 is 2.43 bits per heavy atom. The third-order valence-electron chi connectivity index (χ3n) is 2.90. The normalized spacial score (nSPS) is 10.3. The van der Waals surface area contributed by atoms with E-state index in [9.17, 15) is 10.1 Å². The monoisotopic (exact) mass is 318 g/mol. The lowest BCUT2D eigenvalue weighted by molar-refractivity contribution is -0.384. The van der Waals surface area contributed by atoms with Crippen LogP contribution in [-0.2, 0) is 11.5 Å². The predicted octanol–water partition coefficient (Wildman–Crippen LogP) is 3.66. The van der Waals surface area contributed by atoms with Gasteiger partial charge in [0.05, 0.1) is 4.92 Å². The summed E-state index contributed by atoms with van der Waals surface area (Å²) in [5, 5.41) is 10.6. The molecule has 0 amide bonds. The summed E-state index contributed by atoms with van der Waals surface area (Å²) in [5.74, 6) is 1.64. The van der Waals surface area contributed by atoms with Crippen molar-refractivity contribution in [2.45, 2.75) is 11.5 Å². The van der Waals surface area contributed by atoms with Gasteiger partial charge in [-0.1, -0.05) is 42.5 Å². The van der Waals surface area contributed by atoms with Crippen molar-refractivity contribution in [2.24, 2.45) is 5.73 Å². The zero-order valence-corrected chi connectivity index (χ0v) is 12.8. The van der Waals surface area contributed by atoms with Crippen molar-refractivity contribution in [3.05, 3.63) is 75.3 Å². The lowest BCUT2D eigenvalue weighted by atomic mass is 10.1. The van der Waals surface area contributed by atoms with Crippen LogP contribution in [0.4, 0.5) is 5.69 Å². The Hall–Kier alpha value is -1.92. The molecule has 0 aliphatic rings. The van der Waals surface area contributed by atoms with Crippen molar-refractivity contribution in [3.8, 4) is 0 Å². The molecular weight excluding hydrogens is 304 g/mol. The van der Waals surface area contributed by atoms with E-state index >= 15 is 0 Å². The van der Waals surface area contributed by atoms with E-state index < -0.39 is 4.92 Å². The van der Waals surface area contributed by atoms with E-state index in [0.29, 0.717) is 4.99 Å². The number of rotatable bonds is 6. The Morgan fingerprint density at radius 2 is 1.81 bits per heavy atom.